The summed E-state index contributed by atoms with van der Waals surface area (Å²) >= 11 is 0. The number of aromatic nitrogens is 1. The molecular formula is C21H23N3O3. The lowest BCUT2D eigenvalue weighted by Crippen LogP contribution is -2.27. The Hall–Kier alpha value is -3.17. The van der Waals surface area contributed by atoms with E-state index in [1.54, 1.807) is 19.4 Å². The smallest absolute Gasteiger partial charge is 0.262 e. The molecule has 2 rings (SSSR count). The number of nitrogens with zero attached hydrogens (tertiary/aromatic N) is 2. The number of ether oxygens (including phenoxy) is 2. The zero-order valence-corrected chi connectivity index (χ0v) is 15.8. The zero-order valence-electron chi connectivity index (χ0n) is 15.8. The number of nitrogens with one attached hydrogen (secondary N) is 1. The van der Waals surface area contributed by atoms with Gasteiger partial charge in [0, 0.05) is 19.9 Å². The third-order valence-corrected chi connectivity index (χ3v) is 3.84. The Kier molecular flexibility index (Phi) is 7.53. The summed E-state index contributed by atoms with van der Waals surface area (Å²) in [6, 6.07) is 11.4. The minimum Gasteiger partial charge on any atom is -0.487 e. The van der Waals surface area contributed by atoms with E-state index in [2.05, 4.69) is 10.3 Å². The maximum atomic E-state index is 12.1. The van der Waals surface area contributed by atoms with Crippen molar-refractivity contribution >= 4 is 12.0 Å². The molecule has 0 radical (unpaired) electrons. The van der Waals surface area contributed by atoms with Crippen molar-refractivity contribution in [2.24, 2.45) is 0 Å². The molecule has 27 heavy (non-hydrogen) atoms. The number of hydrogen-bond acceptors (Lipinski definition) is 5. The first-order valence-electron chi connectivity index (χ1n) is 8.58. The van der Waals surface area contributed by atoms with Gasteiger partial charge < -0.3 is 14.8 Å². The van der Waals surface area contributed by atoms with Gasteiger partial charge in [-0.1, -0.05) is 6.07 Å². The average molecular weight is 365 g/mol. The monoisotopic (exact) mass is 365 g/mol. The van der Waals surface area contributed by atoms with Crippen LogP contribution < -0.4 is 10.1 Å². The molecule has 140 valence electrons. The number of carbonyl (C=O) groups is 1. The van der Waals surface area contributed by atoms with E-state index in [1.165, 1.54) is 0 Å². The first-order chi connectivity index (χ1) is 13.0. The molecule has 0 unspecified atom stereocenters. The van der Waals surface area contributed by atoms with Gasteiger partial charge in [-0.25, -0.2) is 0 Å². The summed E-state index contributed by atoms with van der Waals surface area (Å²) in [5, 5.41) is 11.9. The fourth-order valence-corrected chi connectivity index (χ4v) is 2.60. The standard InChI is InChI=1S/C21H23N3O3/c1-15-10-17(12-18(13-22)21(25)24-8-9-26-3)11-16(2)20(15)27-14-19-6-4-5-7-23-19/h4-7,10-12H,8-9,14H2,1-3H3,(H,24,25)/b18-12+. The van der Waals surface area contributed by atoms with E-state index in [0.717, 1.165) is 28.1 Å². The van der Waals surface area contributed by atoms with E-state index in [9.17, 15) is 10.1 Å². The second kappa shape index (κ2) is 10.1. The summed E-state index contributed by atoms with van der Waals surface area (Å²) in [5.74, 6) is 0.362. The van der Waals surface area contributed by atoms with Crippen LogP contribution in [-0.2, 0) is 16.1 Å². The Labute approximate surface area is 159 Å². The largest absolute Gasteiger partial charge is 0.487 e. The maximum Gasteiger partial charge on any atom is 0.262 e. The highest BCUT2D eigenvalue weighted by atomic mass is 16.5. The van der Waals surface area contributed by atoms with Crippen molar-refractivity contribution in [1.29, 1.82) is 5.26 Å². The second-order valence-electron chi connectivity index (χ2n) is 6.01. The number of benzene rings is 1. The highest BCUT2D eigenvalue weighted by Crippen LogP contribution is 2.26. The number of carbonyl (C=O) groups excluding carboxylic acids is 1. The number of pyridine rings is 1. The Morgan fingerprint density at radius 1 is 1.30 bits per heavy atom. The van der Waals surface area contributed by atoms with Crippen LogP contribution in [0.4, 0.5) is 0 Å². The molecule has 1 N–H and O–H groups in total. The summed E-state index contributed by atoms with van der Waals surface area (Å²) < 4.78 is 10.8. The van der Waals surface area contributed by atoms with Gasteiger partial charge in [0.15, 0.2) is 0 Å². The van der Waals surface area contributed by atoms with Gasteiger partial charge in [-0.15, -0.1) is 0 Å². The summed E-state index contributed by atoms with van der Waals surface area (Å²) in [6.07, 6.45) is 3.30. The Morgan fingerprint density at radius 2 is 2.04 bits per heavy atom. The van der Waals surface area contributed by atoms with Crippen LogP contribution in [0, 0.1) is 25.2 Å². The minimum atomic E-state index is -0.416. The maximum absolute atomic E-state index is 12.1. The highest BCUT2D eigenvalue weighted by Gasteiger charge is 2.11. The molecule has 0 aliphatic heterocycles. The molecule has 6 heteroatoms. The summed E-state index contributed by atoms with van der Waals surface area (Å²) in [4.78, 5) is 16.3. The topological polar surface area (TPSA) is 84.2 Å². The first-order valence-corrected chi connectivity index (χ1v) is 8.58. The molecule has 0 fully saturated rings. The molecule has 0 bridgehead atoms. The van der Waals surface area contributed by atoms with Crippen LogP contribution in [0.1, 0.15) is 22.4 Å². The number of hydrogen-bond donors (Lipinski definition) is 1. The molecule has 0 saturated heterocycles. The number of rotatable bonds is 8. The molecule has 2 aromatic rings. The number of methoxy groups -OCH3 is 1. The lowest BCUT2D eigenvalue weighted by Gasteiger charge is -2.13. The van der Waals surface area contributed by atoms with Crippen LogP contribution in [0.3, 0.4) is 0 Å². The lowest BCUT2D eigenvalue weighted by molar-refractivity contribution is -0.117. The highest BCUT2D eigenvalue weighted by molar-refractivity contribution is 6.01. The summed E-state index contributed by atoms with van der Waals surface area (Å²) in [6.45, 7) is 4.99. The third kappa shape index (κ3) is 5.94. The number of nitriles is 1. The van der Waals surface area contributed by atoms with Gasteiger partial charge in [0.05, 0.1) is 12.3 Å². The van der Waals surface area contributed by atoms with E-state index < -0.39 is 5.91 Å². The van der Waals surface area contributed by atoms with Crippen molar-refractivity contribution in [3.63, 3.8) is 0 Å². The van der Waals surface area contributed by atoms with Gasteiger partial charge in [-0.3, -0.25) is 9.78 Å². The lowest BCUT2D eigenvalue weighted by atomic mass is 10.0. The fraction of sp³-hybridized carbons (Fsp3) is 0.286. The minimum absolute atomic E-state index is 0.0482. The Morgan fingerprint density at radius 3 is 2.63 bits per heavy atom. The van der Waals surface area contributed by atoms with Crippen molar-refractivity contribution in [1.82, 2.24) is 10.3 Å². The van der Waals surface area contributed by atoms with Crippen LogP contribution in [-0.4, -0.2) is 31.2 Å². The normalized spacial score (nSPS) is 11.0. The predicted octanol–water partition coefficient (Wildman–Crippen LogP) is 2.95. The Bertz CT molecular complexity index is 832. The molecule has 0 atom stereocenters. The molecule has 1 aromatic carbocycles. The summed E-state index contributed by atoms with van der Waals surface area (Å²) in [5.41, 5.74) is 3.52. The van der Waals surface area contributed by atoms with Crippen LogP contribution in [0.2, 0.25) is 0 Å². The van der Waals surface area contributed by atoms with Gasteiger partial charge in [-0.05, 0) is 60.9 Å². The van der Waals surface area contributed by atoms with Gasteiger partial charge in [0.25, 0.3) is 5.91 Å². The van der Waals surface area contributed by atoms with Crippen molar-refractivity contribution in [3.05, 3.63) is 64.5 Å². The van der Waals surface area contributed by atoms with E-state index in [1.807, 2.05) is 50.2 Å². The number of aryl methyl sites for hydroxylation is 2. The first kappa shape index (κ1) is 20.1. The van der Waals surface area contributed by atoms with Crippen molar-refractivity contribution in [3.8, 4) is 11.8 Å². The Balaban J connectivity index is 2.14. The molecule has 0 aliphatic carbocycles. The summed E-state index contributed by atoms with van der Waals surface area (Å²) in [7, 11) is 1.55. The van der Waals surface area contributed by atoms with E-state index in [4.69, 9.17) is 9.47 Å². The molecule has 1 heterocycles. The second-order valence-corrected chi connectivity index (χ2v) is 6.01. The SMILES string of the molecule is COCCNC(=O)/C(C#N)=C/c1cc(C)c(OCc2ccccn2)c(C)c1. The molecule has 0 aliphatic rings. The van der Waals surface area contributed by atoms with Gasteiger partial charge in [0.2, 0.25) is 0 Å². The van der Waals surface area contributed by atoms with E-state index in [0.29, 0.717) is 19.8 Å². The quantitative estimate of drug-likeness (QED) is 0.442. The zero-order chi connectivity index (χ0) is 19.6. The van der Waals surface area contributed by atoms with Crippen LogP contribution in [0.15, 0.2) is 42.1 Å². The van der Waals surface area contributed by atoms with Crippen molar-refractivity contribution in [2.75, 3.05) is 20.3 Å². The van der Waals surface area contributed by atoms with Crippen molar-refractivity contribution in [2.45, 2.75) is 20.5 Å². The molecular weight excluding hydrogens is 342 g/mol. The number of amides is 1. The molecule has 0 saturated carbocycles. The van der Waals surface area contributed by atoms with Crippen molar-refractivity contribution < 1.29 is 14.3 Å². The molecule has 1 amide bonds. The predicted molar refractivity (Wildman–Crippen MR) is 103 cm³/mol. The third-order valence-electron chi connectivity index (χ3n) is 3.84. The van der Waals surface area contributed by atoms with Gasteiger partial charge in [0.1, 0.15) is 24.0 Å². The van der Waals surface area contributed by atoms with Crippen LogP contribution in [0.25, 0.3) is 6.08 Å². The van der Waals surface area contributed by atoms with E-state index in [-0.39, 0.29) is 5.57 Å². The fourth-order valence-electron chi connectivity index (χ4n) is 2.60. The van der Waals surface area contributed by atoms with E-state index >= 15 is 0 Å². The van der Waals surface area contributed by atoms with Gasteiger partial charge >= 0.3 is 0 Å². The molecule has 0 spiro atoms. The average Bonchev–Trinajstić information content (AvgIpc) is 2.66. The van der Waals surface area contributed by atoms with Gasteiger partial charge in [-0.2, -0.15) is 5.26 Å². The van der Waals surface area contributed by atoms with Crippen LogP contribution >= 0.6 is 0 Å². The molecule has 6 nitrogen and oxygen atoms in total. The van der Waals surface area contributed by atoms with Crippen LogP contribution in [0.5, 0.6) is 5.75 Å². The molecule has 1 aromatic heterocycles.